The molecule has 0 spiro atoms. The predicted molar refractivity (Wildman–Crippen MR) is 105 cm³/mol. The molecule has 0 aromatic heterocycles. The van der Waals surface area contributed by atoms with E-state index in [0.717, 1.165) is 10.5 Å². The number of urea groups is 1. The SMILES string of the molecule is CCOC(=O)[C@H](CCc1ccccc1)N[C@@H](C)C(=O)N1C(=O)N(C)C[C@H]1C(=O)O.[Cl-].[H+]. The number of carbonyl (C=O) groups excluding carboxylic acids is 3. The van der Waals surface area contributed by atoms with Crippen molar-refractivity contribution in [2.45, 2.75) is 44.8 Å². The first-order valence-corrected chi connectivity index (χ1v) is 9.53. The first kappa shape index (κ1) is 25.4. The second kappa shape index (κ2) is 11.5. The van der Waals surface area contributed by atoms with Gasteiger partial charge in [-0.1, -0.05) is 30.3 Å². The summed E-state index contributed by atoms with van der Waals surface area (Å²) in [6.45, 7) is 3.31. The van der Waals surface area contributed by atoms with Crippen LogP contribution in [0.4, 0.5) is 4.79 Å². The monoisotopic (exact) mass is 441 g/mol. The number of esters is 1. The molecule has 0 unspecified atom stereocenters. The van der Waals surface area contributed by atoms with E-state index in [4.69, 9.17) is 4.74 Å². The van der Waals surface area contributed by atoms with Crippen molar-refractivity contribution in [3.8, 4) is 0 Å². The number of amides is 3. The summed E-state index contributed by atoms with van der Waals surface area (Å²) in [5.74, 6) is -2.45. The number of nitrogens with one attached hydrogen (secondary N) is 1. The van der Waals surface area contributed by atoms with Gasteiger partial charge in [0.15, 0.2) is 6.04 Å². The van der Waals surface area contributed by atoms with E-state index in [0.29, 0.717) is 12.8 Å². The van der Waals surface area contributed by atoms with Crippen LogP contribution in [0.15, 0.2) is 30.3 Å². The summed E-state index contributed by atoms with van der Waals surface area (Å²) in [4.78, 5) is 50.8. The van der Waals surface area contributed by atoms with Gasteiger partial charge in [-0.15, -0.1) is 0 Å². The molecule has 3 atom stereocenters. The molecule has 9 nitrogen and oxygen atoms in total. The van der Waals surface area contributed by atoms with E-state index >= 15 is 0 Å². The van der Waals surface area contributed by atoms with Crippen molar-refractivity contribution >= 4 is 23.9 Å². The summed E-state index contributed by atoms with van der Waals surface area (Å²) >= 11 is 0. The summed E-state index contributed by atoms with van der Waals surface area (Å²) in [5, 5.41) is 12.2. The van der Waals surface area contributed by atoms with Gasteiger partial charge >= 0.3 is 19.4 Å². The van der Waals surface area contributed by atoms with Gasteiger partial charge in [-0.3, -0.25) is 14.9 Å². The lowest BCUT2D eigenvalue weighted by atomic mass is 10.0. The van der Waals surface area contributed by atoms with Crippen LogP contribution in [0.3, 0.4) is 0 Å². The van der Waals surface area contributed by atoms with Crippen LogP contribution in [0, 0.1) is 0 Å². The Kier molecular flexibility index (Phi) is 9.74. The number of nitrogens with zero attached hydrogens (tertiary/aromatic N) is 2. The zero-order chi connectivity index (χ0) is 21.6. The lowest BCUT2D eigenvalue weighted by Crippen LogP contribution is -3.00. The van der Waals surface area contributed by atoms with E-state index in [1.54, 1.807) is 6.92 Å². The molecule has 0 saturated carbocycles. The third-order valence-corrected chi connectivity index (χ3v) is 4.77. The Morgan fingerprint density at radius 1 is 1.30 bits per heavy atom. The Bertz CT molecular complexity index is 767. The third-order valence-electron chi connectivity index (χ3n) is 4.77. The number of halogens is 1. The largest absolute Gasteiger partial charge is 1.00 e. The van der Waals surface area contributed by atoms with E-state index in [-0.39, 0.29) is 27.0 Å². The molecule has 1 aliphatic heterocycles. The lowest BCUT2D eigenvalue weighted by Gasteiger charge is -2.26. The fourth-order valence-electron chi connectivity index (χ4n) is 3.22. The van der Waals surface area contributed by atoms with Crippen LogP contribution in [0.1, 0.15) is 27.3 Å². The number of aryl methyl sites for hydroxylation is 1. The standard InChI is InChI=1S/C20H27N3O6.ClH/c1-4-29-19(27)15(11-10-14-8-6-5-7-9-14)21-13(2)17(24)23-16(18(25)26)12-22(3)20(23)28;/h5-9,13,15-16,21H,4,10-12H2,1-3H3,(H,25,26);1H/t13-,15-,16-;/m0./s1. The van der Waals surface area contributed by atoms with Gasteiger partial charge < -0.3 is 27.2 Å². The van der Waals surface area contributed by atoms with Gasteiger partial charge in [0.05, 0.1) is 19.2 Å². The van der Waals surface area contributed by atoms with Crippen LogP contribution in [0.25, 0.3) is 0 Å². The molecule has 1 saturated heterocycles. The summed E-state index contributed by atoms with van der Waals surface area (Å²) < 4.78 is 5.10. The fraction of sp³-hybridized carbons (Fsp3) is 0.500. The van der Waals surface area contributed by atoms with Gasteiger partial charge in [0.1, 0.15) is 6.04 Å². The number of carbonyl (C=O) groups is 4. The Labute approximate surface area is 183 Å². The molecular weight excluding hydrogens is 414 g/mol. The van der Waals surface area contributed by atoms with E-state index in [9.17, 15) is 24.3 Å². The second-order valence-electron chi connectivity index (χ2n) is 6.94. The Morgan fingerprint density at radius 2 is 1.93 bits per heavy atom. The van der Waals surface area contributed by atoms with Gasteiger partial charge in [0.2, 0.25) is 5.91 Å². The van der Waals surface area contributed by atoms with Crippen molar-refractivity contribution in [2.24, 2.45) is 0 Å². The first-order valence-electron chi connectivity index (χ1n) is 9.53. The minimum atomic E-state index is -1.26. The minimum absolute atomic E-state index is 0. The van der Waals surface area contributed by atoms with Crippen molar-refractivity contribution in [3.05, 3.63) is 35.9 Å². The number of benzene rings is 1. The Balaban J connectivity index is 0.00000450. The Hall–Kier alpha value is -2.65. The number of imide groups is 1. The quantitative estimate of drug-likeness (QED) is 0.425. The number of hydrogen-bond donors (Lipinski definition) is 2. The van der Waals surface area contributed by atoms with Gasteiger partial charge in [-0.2, -0.15) is 0 Å². The summed E-state index contributed by atoms with van der Waals surface area (Å²) in [5.41, 5.74) is 1.03. The normalized spacial score (nSPS) is 17.8. The number of hydrogen-bond acceptors (Lipinski definition) is 6. The topological polar surface area (TPSA) is 116 Å². The molecule has 166 valence electrons. The maximum absolute atomic E-state index is 12.8. The summed E-state index contributed by atoms with van der Waals surface area (Å²) in [6, 6.07) is 5.92. The molecule has 30 heavy (non-hydrogen) atoms. The molecule has 0 radical (unpaired) electrons. The van der Waals surface area contributed by atoms with Gasteiger partial charge in [0, 0.05) is 7.05 Å². The smallest absolute Gasteiger partial charge is 1.00 e. The third kappa shape index (κ3) is 6.17. The highest BCUT2D eigenvalue weighted by atomic mass is 35.5. The average molecular weight is 442 g/mol. The van der Waals surface area contributed by atoms with Crippen LogP contribution in [-0.2, 0) is 25.5 Å². The van der Waals surface area contributed by atoms with Crippen molar-refractivity contribution in [2.75, 3.05) is 20.2 Å². The molecular formula is C20H28ClN3O6. The zero-order valence-corrected chi connectivity index (χ0v) is 18.0. The predicted octanol–water partition coefficient (Wildman–Crippen LogP) is -2.01. The maximum Gasteiger partial charge on any atom is 1.00 e. The number of aliphatic carboxylic acids is 1. The zero-order valence-electron chi connectivity index (χ0n) is 18.2. The molecule has 2 rings (SSSR count). The summed E-state index contributed by atoms with van der Waals surface area (Å²) in [6.07, 6.45) is 0.970. The summed E-state index contributed by atoms with van der Waals surface area (Å²) in [7, 11) is 1.44. The van der Waals surface area contributed by atoms with Gasteiger partial charge in [-0.05, 0) is 32.3 Å². The highest BCUT2D eigenvalue weighted by molar-refractivity contribution is 6.02. The Morgan fingerprint density at radius 3 is 2.50 bits per heavy atom. The van der Waals surface area contributed by atoms with Crippen LogP contribution in [-0.4, -0.2) is 77.1 Å². The van der Waals surface area contributed by atoms with E-state index in [1.807, 2.05) is 30.3 Å². The molecule has 1 aliphatic rings. The number of ether oxygens (including phenoxy) is 1. The average Bonchev–Trinajstić information content (AvgIpc) is 3.00. The van der Waals surface area contributed by atoms with Crippen molar-refractivity contribution < 1.29 is 42.9 Å². The highest BCUT2D eigenvalue weighted by Crippen LogP contribution is 2.17. The second-order valence-corrected chi connectivity index (χ2v) is 6.94. The highest BCUT2D eigenvalue weighted by Gasteiger charge is 2.45. The van der Waals surface area contributed by atoms with Crippen molar-refractivity contribution in [1.29, 1.82) is 0 Å². The van der Waals surface area contributed by atoms with Crippen LogP contribution in [0.2, 0.25) is 0 Å². The fourth-order valence-corrected chi connectivity index (χ4v) is 3.22. The molecule has 2 N–H and O–H groups in total. The maximum atomic E-state index is 12.8. The molecule has 1 aromatic carbocycles. The molecule has 1 fully saturated rings. The van der Waals surface area contributed by atoms with Crippen LogP contribution in [0.5, 0.6) is 0 Å². The van der Waals surface area contributed by atoms with E-state index in [1.165, 1.54) is 18.9 Å². The van der Waals surface area contributed by atoms with E-state index in [2.05, 4.69) is 5.32 Å². The molecule has 10 heteroatoms. The molecule has 0 aliphatic carbocycles. The van der Waals surface area contributed by atoms with Crippen LogP contribution >= 0.6 is 0 Å². The number of carboxylic acids is 1. The number of rotatable bonds is 9. The van der Waals surface area contributed by atoms with E-state index < -0.39 is 42.0 Å². The number of carboxylic acid groups (broad SMARTS) is 1. The lowest BCUT2D eigenvalue weighted by molar-refractivity contribution is -0.148. The molecule has 1 heterocycles. The number of likely N-dealkylation sites (N-methyl/N-ethyl adjacent to an activating group) is 1. The van der Waals surface area contributed by atoms with Crippen molar-refractivity contribution in [1.82, 2.24) is 15.1 Å². The van der Waals surface area contributed by atoms with Crippen LogP contribution < -0.4 is 17.7 Å². The van der Waals surface area contributed by atoms with Gasteiger partial charge in [0.25, 0.3) is 0 Å². The minimum Gasteiger partial charge on any atom is -1.00 e. The molecule has 3 amide bonds. The first-order chi connectivity index (χ1) is 13.8. The molecule has 1 aromatic rings. The molecule has 0 bridgehead atoms. The van der Waals surface area contributed by atoms with Gasteiger partial charge in [-0.25, -0.2) is 14.5 Å². The van der Waals surface area contributed by atoms with Crippen molar-refractivity contribution in [3.63, 3.8) is 0 Å².